The largest absolute Gasteiger partial charge is 0.287 e. The van der Waals surface area contributed by atoms with E-state index >= 15 is 0 Å². The summed E-state index contributed by atoms with van der Waals surface area (Å²) in [5.41, 5.74) is 8.83. The van der Waals surface area contributed by atoms with Crippen LogP contribution in [0.1, 0.15) is 76.8 Å². The van der Waals surface area contributed by atoms with Gasteiger partial charge in [0.05, 0.1) is 5.54 Å². The van der Waals surface area contributed by atoms with Crippen molar-refractivity contribution in [1.29, 1.82) is 0 Å². The average molecular weight is 379 g/mol. The first-order chi connectivity index (χ1) is 13.5. The lowest BCUT2D eigenvalue weighted by molar-refractivity contribution is -0.116. The van der Waals surface area contributed by atoms with Gasteiger partial charge in [-0.3, -0.25) is 10.2 Å². The number of aryl methyl sites for hydroxylation is 1. The van der Waals surface area contributed by atoms with Crippen molar-refractivity contribution in [1.82, 2.24) is 10.9 Å². The molecule has 1 heterocycles. The average Bonchev–Trinajstić information content (AvgIpc) is 2.95. The number of fused-ring (bicyclic) bond motifs is 1. The van der Waals surface area contributed by atoms with Gasteiger partial charge in [-0.05, 0) is 54.7 Å². The molecule has 2 aromatic rings. The summed E-state index contributed by atoms with van der Waals surface area (Å²) in [4.78, 5) is 12.4. The Morgan fingerprint density at radius 1 is 0.929 bits per heavy atom. The lowest BCUT2D eigenvalue weighted by Gasteiger charge is -2.18. The van der Waals surface area contributed by atoms with Gasteiger partial charge in [-0.15, -0.1) is 0 Å². The Morgan fingerprint density at radius 2 is 1.64 bits per heavy atom. The first-order valence-electron chi connectivity index (χ1n) is 10.8. The molecule has 1 amide bonds. The van der Waals surface area contributed by atoms with Crippen molar-refractivity contribution >= 4 is 22.8 Å². The Bertz CT molecular complexity index is 851. The van der Waals surface area contributed by atoms with Crippen molar-refractivity contribution in [2.45, 2.75) is 77.7 Å². The summed E-state index contributed by atoms with van der Waals surface area (Å²) < 4.78 is 0. The zero-order chi connectivity index (χ0) is 20.0. The van der Waals surface area contributed by atoms with Gasteiger partial charge in [0.25, 0.3) is 5.91 Å². The fourth-order valence-electron chi connectivity index (χ4n) is 4.02. The van der Waals surface area contributed by atoms with Gasteiger partial charge in [-0.25, -0.2) is 5.43 Å². The minimum absolute atomic E-state index is 0.0280. The van der Waals surface area contributed by atoms with Crippen LogP contribution in [0, 0.1) is 0 Å². The first-order valence-corrected chi connectivity index (χ1v) is 10.8. The van der Waals surface area contributed by atoms with E-state index in [0.717, 1.165) is 12.0 Å². The highest BCUT2D eigenvalue weighted by atomic mass is 16.2. The second-order valence-corrected chi connectivity index (χ2v) is 8.49. The van der Waals surface area contributed by atoms with Crippen LogP contribution in [0.5, 0.6) is 0 Å². The van der Waals surface area contributed by atoms with Crippen molar-refractivity contribution < 1.29 is 4.79 Å². The van der Waals surface area contributed by atoms with Gasteiger partial charge in [0.15, 0.2) is 0 Å². The molecule has 0 saturated carbocycles. The van der Waals surface area contributed by atoms with Gasteiger partial charge in [0.1, 0.15) is 0 Å². The summed E-state index contributed by atoms with van der Waals surface area (Å²) in [5, 5.41) is 2.45. The van der Waals surface area contributed by atoms with E-state index in [2.05, 4.69) is 60.2 Å². The maximum absolute atomic E-state index is 12.4. The van der Waals surface area contributed by atoms with Crippen LogP contribution < -0.4 is 10.9 Å². The molecule has 3 rings (SSSR count). The smallest absolute Gasteiger partial charge is 0.263 e. The standard InChI is InChI=1S/C25H34N2O/c1-4-5-6-7-8-9-10-13-20-17-16-19-14-11-12-15-21(19)22(20)18-23-24(28)26-27-25(23,2)3/h11-12,14-18,27H,4-10,13H2,1-3H3,(H,26,28)/b23-18+. The van der Waals surface area contributed by atoms with Crippen molar-refractivity contribution in [3.8, 4) is 0 Å². The number of carbonyl (C=O) groups is 1. The third kappa shape index (κ3) is 4.82. The number of hydrazine groups is 1. The molecular weight excluding hydrogens is 344 g/mol. The highest BCUT2D eigenvalue weighted by Gasteiger charge is 2.35. The SMILES string of the molecule is CCCCCCCCCc1ccc2ccccc2c1/C=C1\C(=O)NNC1(C)C. The van der Waals surface area contributed by atoms with Crippen LogP contribution in [0.15, 0.2) is 42.0 Å². The molecular formula is C25H34N2O. The van der Waals surface area contributed by atoms with E-state index in [-0.39, 0.29) is 11.4 Å². The third-order valence-electron chi connectivity index (χ3n) is 5.81. The maximum Gasteiger partial charge on any atom is 0.263 e. The van der Waals surface area contributed by atoms with E-state index in [0.29, 0.717) is 0 Å². The summed E-state index contributed by atoms with van der Waals surface area (Å²) >= 11 is 0. The minimum atomic E-state index is -0.370. The number of hydrogen-bond donors (Lipinski definition) is 2. The second-order valence-electron chi connectivity index (χ2n) is 8.49. The highest BCUT2D eigenvalue weighted by Crippen LogP contribution is 2.30. The number of rotatable bonds is 9. The van der Waals surface area contributed by atoms with Crippen molar-refractivity contribution in [3.05, 3.63) is 53.1 Å². The number of amides is 1. The number of hydrogen-bond acceptors (Lipinski definition) is 2. The molecule has 150 valence electrons. The van der Waals surface area contributed by atoms with Crippen LogP contribution in [-0.2, 0) is 11.2 Å². The van der Waals surface area contributed by atoms with Crippen LogP contribution in [0.4, 0.5) is 0 Å². The molecule has 3 nitrogen and oxygen atoms in total. The van der Waals surface area contributed by atoms with Gasteiger partial charge in [-0.2, -0.15) is 0 Å². The molecule has 2 aromatic carbocycles. The Morgan fingerprint density at radius 3 is 2.36 bits per heavy atom. The maximum atomic E-state index is 12.4. The van der Waals surface area contributed by atoms with E-state index in [9.17, 15) is 4.79 Å². The number of nitrogens with one attached hydrogen (secondary N) is 2. The van der Waals surface area contributed by atoms with Gasteiger partial charge >= 0.3 is 0 Å². The van der Waals surface area contributed by atoms with E-state index in [1.54, 1.807) is 0 Å². The molecule has 0 atom stereocenters. The summed E-state index contributed by atoms with van der Waals surface area (Å²) in [6, 6.07) is 12.9. The van der Waals surface area contributed by atoms with E-state index in [1.165, 1.54) is 66.8 Å². The Hall–Kier alpha value is -2.13. The summed E-state index contributed by atoms with van der Waals surface area (Å²) in [6.45, 7) is 6.34. The molecule has 0 bridgehead atoms. The van der Waals surface area contributed by atoms with Crippen LogP contribution in [0.25, 0.3) is 16.8 Å². The molecule has 2 N–H and O–H groups in total. The molecule has 0 aromatic heterocycles. The van der Waals surface area contributed by atoms with Crippen LogP contribution in [-0.4, -0.2) is 11.4 Å². The fraction of sp³-hybridized carbons (Fsp3) is 0.480. The zero-order valence-electron chi connectivity index (χ0n) is 17.6. The molecule has 1 fully saturated rings. The van der Waals surface area contributed by atoms with Gasteiger partial charge in [-0.1, -0.05) is 81.8 Å². The van der Waals surface area contributed by atoms with Crippen LogP contribution >= 0.6 is 0 Å². The second kappa shape index (κ2) is 9.38. The molecule has 3 heteroatoms. The molecule has 1 aliphatic rings. The van der Waals surface area contributed by atoms with E-state index in [1.807, 2.05) is 13.8 Å². The third-order valence-corrected chi connectivity index (χ3v) is 5.81. The Balaban J connectivity index is 1.83. The quantitative estimate of drug-likeness (QED) is 0.419. The van der Waals surface area contributed by atoms with Gasteiger partial charge in [0, 0.05) is 5.57 Å². The summed E-state index contributed by atoms with van der Waals surface area (Å²) in [5.74, 6) is -0.0280. The minimum Gasteiger partial charge on any atom is -0.287 e. The number of carbonyl (C=O) groups excluding carboxylic acids is 1. The van der Waals surface area contributed by atoms with E-state index < -0.39 is 0 Å². The lowest BCUT2D eigenvalue weighted by Crippen LogP contribution is -2.38. The first kappa shape index (κ1) is 20.6. The van der Waals surface area contributed by atoms with Crippen LogP contribution in [0.3, 0.4) is 0 Å². The predicted molar refractivity (Wildman–Crippen MR) is 119 cm³/mol. The van der Waals surface area contributed by atoms with Crippen molar-refractivity contribution in [2.75, 3.05) is 0 Å². The summed E-state index contributed by atoms with van der Waals surface area (Å²) in [6.07, 6.45) is 12.3. The molecule has 1 aliphatic heterocycles. The Labute approximate surface area is 169 Å². The van der Waals surface area contributed by atoms with Crippen molar-refractivity contribution in [2.24, 2.45) is 0 Å². The zero-order valence-corrected chi connectivity index (χ0v) is 17.6. The summed E-state index contributed by atoms with van der Waals surface area (Å²) in [7, 11) is 0. The molecule has 0 radical (unpaired) electrons. The van der Waals surface area contributed by atoms with Gasteiger partial charge < -0.3 is 0 Å². The molecule has 1 saturated heterocycles. The predicted octanol–water partition coefficient (Wildman–Crippen LogP) is 5.93. The highest BCUT2D eigenvalue weighted by molar-refractivity contribution is 6.04. The topological polar surface area (TPSA) is 41.1 Å². The van der Waals surface area contributed by atoms with E-state index in [4.69, 9.17) is 0 Å². The molecule has 0 spiro atoms. The number of unbranched alkanes of at least 4 members (excludes halogenated alkanes) is 6. The fourth-order valence-corrected chi connectivity index (χ4v) is 4.02. The monoisotopic (exact) mass is 378 g/mol. The Kier molecular flexibility index (Phi) is 6.90. The van der Waals surface area contributed by atoms with Crippen LogP contribution in [0.2, 0.25) is 0 Å². The molecule has 28 heavy (non-hydrogen) atoms. The van der Waals surface area contributed by atoms with Crippen molar-refractivity contribution in [3.63, 3.8) is 0 Å². The normalized spacial score (nSPS) is 17.4. The molecule has 0 aliphatic carbocycles. The number of benzene rings is 2. The van der Waals surface area contributed by atoms with Gasteiger partial charge in [0.2, 0.25) is 0 Å². The molecule has 0 unspecified atom stereocenters. The lowest BCUT2D eigenvalue weighted by atomic mass is 9.89.